The smallest absolute Gasteiger partial charge is 0.248 e. The first kappa shape index (κ1) is 17.2. The summed E-state index contributed by atoms with van der Waals surface area (Å²) in [5.41, 5.74) is 1.08. The van der Waals surface area contributed by atoms with Gasteiger partial charge in [0.15, 0.2) is 5.82 Å². The molecule has 0 radical (unpaired) electrons. The second-order valence-electron chi connectivity index (χ2n) is 7.35. The summed E-state index contributed by atoms with van der Waals surface area (Å²) in [6, 6.07) is 9.92. The van der Waals surface area contributed by atoms with E-state index in [1.165, 1.54) is 12.8 Å². The van der Waals surface area contributed by atoms with Crippen LogP contribution in [0.4, 0.5) is 0 Å². The lowest BCUT2D eigenvalue weighted by Gasteiger charge is -2.32. The molecule has 26 heavy (non-hydrogen) atoms. The van der Waals surface area contributed by atoms with E-state index in [9.17, 15) is 4.79 Å². The van der Waals surface area contributed by atoms with E-state index in [2.05, 4.69) is 10.1 Å². The summed E-state index contributed by atoms with van der Waals surface area (Å²) in [5, 5.41) is 4.08. The molecule has 1 amide bonds. The van der Waals surface area contributed by atoms with Crippen LogP contribution in [0.2, 0.25) is 0 Å². The summed E-state index contributed by atoms with van der Waals surface area (Å²) in [5.74, 6) is 2.53. The number of carbonyl (C=O) groups is 1. The average molecular weight is 355 g/mol. The molecule has 1 unspecified atom stereocenters. The zero-order valence-corrected chi connectivity index (χ0v) is 15.0. The van der Waals surface area contributed by atoms with Crippen LogP contribution in [0, 0.1) is 5.92 Å². The highest BCUT2D eigenvalue weighted by atomic mass is 16.5. The third-order valence-electron chi connectivity index (χ3n) is 5.10. The van der Waals surface area contributed by atoms with Crippen molar-refractivity contribution in [3.8, 4) is 0 Å². The highest BCUT2D eigenvalue weighted by Gasteiger charge is 2.30. The molecule has 0 spiro atoms. The van der Waals surface area contributed by atoms with Crippen LogP contribution in [0.3, 0.4) is 0 Å². The Morgan fingerprint density at radius 2 is 2.08 bits per heavy atom. The van der Waals surface area contributed by atoms with Gasteiger partial charge in [-0.25, -0.2) is 0 Å². The summed E-state index contributed by atoms with van der Waals surface area (Å²) in [4.78, 5) is 18.9. The number of hydrogen-bond acceptors (Lipinski definition) is 5. The molecule has 1 aliphatic heterocycles. The van der Waals surface area contributed by atoms with Crippen molar-refractivity contribution in [2.45, 2.75) is 44.6 Å². The Kier molecular flexibility index (Phi) is 5.29. The fraction of sp³-hybridized carbons (Fsp3) is 0.550. The molecule has 1 atom stereocenters. The molecule has 2 aromatic rings. The highest BCUT2D eigenvalue weighted by Crippen LogP contribution is 2.38. The lowest BCUT2D eigenvalue weighted by Crippen LogP contribution is -2.42. The number of carbonyl (C=O) groups excluding carboxylic acids is 1. The van der Waals surface area contributed by atoms with E-state index in [1.54, 1.807) is 0 Å². The maximum absolute atomic E-state index is 12.4. The lowest BCUT2D eigenvalue weighted by atomic mass is 9.95. The van der Waals surface area contributed by atoms with Crippen LogP contribution in [0.5, 0.6) is 0 Å². The Labute approximate surface area is 153 Å². The number of hydrogen-bond donors (Lipinski definition) is 0. The van der Waals surface area contributed by atoms with Gasteiger partial charge in [-0.2, -0.15) is 4.98 Å². The van der Waals surface area contributed by atoms with E-state index in [1.807, 2.05) is 35.2 Å². The van der Waals surface area contributed by atoms with Crippen LogP contribution in [0.25, 0.3) is 0 Å². The second-order valence-corrected chi connectivity index (χ2v) is 7.35. The Morgan fingerprint density at radius 3 is 2.88 bits per heavy atom. The van der Waals surface area contributed by atoms with Gasteiger partial charge in [-0.1, -0.05) is 35.5 Å². The molecule has 6 nitrogen and oxygen atoms in total. The van der Waals surface area contributed by atoms with E-state index in [4.69, 9.17) is 9.26 Å². The van der Waals surface area contributed by atoms with Gasteiger partial charge in [0.2, 0.25) is 11.8 Å². The van der Waals surface area contributed by atoms with Crippen LogP contribution >= 0.6 is 0 Å². The van der Waals surface area contributed by atoms with E-state index in [0.717, 1.165) is 43.7 Å². The van der Waals surface area contributed by atoms with Crippen molar-refractivity contribution in [2.75, 3.05) is 19.7 Å². The number of nitrogens with zero attached hydrogens (tertiary/aromatic N) is 3. The Bertz CT molecular complexity index is 727. The first-order valence-corrected chi connectivity index (χ1v) is 9.50. The molecule has 2 fully saturated rings. The number of ether oxygens (including phenoxy) is 1. The predicted octanol–water partition coefficient (Wildman–Crippen LogP) is 2.94. The van der Waals surface area contributed by atoms with Gasteiger partial charge >= 0.3 is 0 Å². The minimum absolute atomic E-state index is 0.0647. The average Bonchev–Trinajstić information content (AvgIpc) is 3.42. The molecular formula is C20H25N3O3. The minimum Gasteiger partial charge on any atom is -0.367 e. The summed E-state index contributed by atoms with van der Waals surface area (Å²) in [6.45, 7) is 2.15. The van der Waals surface area contributed by atoms with Gasteiger partial charge in [0.1, 0.15) is 6.61 Å². The van der Waals surface area contributed by atoms with Gasteiger partial charge in [-0.05, 0) is 37.2 Å². The largest absolute Gasteiger partial charge is 0.367 e. The number of benzene rings is 1. The minimum atomic E-state index is 0.0647. The maximum atomic E-state index is 12.4. The van der Waals surface area contributed by atoms with Crippen molar-refractivity contribution >= 4 is 5.91 Å². The monoisotopic (exact) mass is 355 g/mol. The SMILES string of the molecule is O=C(COCc1ccccc1)N1CCCC(Cc2nc(C3CC3)no2)C1. The molecule has 1 aromatic heterocycles. The molecule has 0 N–H and O–H groups in total. The fourth-order valence-electron chi connectivity index (χ4n) is 3.49. The number of aromatic nitrogens is 2. The first-order chi connectivity index (χ1) is 12.8. The predicted molar refractivity (Wildman–Crippen MR) is 95.4 cm³/mol. The Hall–Kier alpha value is -2.21. The molecule has 1 aromatic carbocycles. The van der Waals surface area contributed by atoms with Crippen molar-refractivity contribution in [2.24, 2.45) is 5.92 Å². The van der Waals surface area contributed by atoms with Gasteiger partial charge in [0.05, 0.1) is 6.61 Å². The first-order valence-electron chi connectivity index (χ1n) is 9.50. The van der Waals surface area contributed by atoms with E-state index >= 15 is 0 Å². The summed E-state index contributed by atoms with van der Waals surface area (Å²) < 4.78 is 11.0. The van der Waals surface area contributed by atoms with Crippen molar-refractivity contribution in [3.05, 3.63) is 47.6 Å². The molecule has 2 aliphatic rings. The van der Waals surface area contributed by atoms with Crippen LogP contribution in [-0.2, 0) is 22.6 Å². The fourth-order valence-corrected chi connectivity index (χ4v) is 3.49. The summed E-state index contributed by atoms with van der Waals surface area (Å²) in [7, 11) is 0. The molecule has 1 saturated heterocycles. The second kappa shape index (κ2) is 7.99. The molecular weight excluding hydrogens is 330 g/mol. The van der Waals surface area contributed by atoms with Crippen molar-refractivity contribution < 1.29 is 14.1 Å². The van der Waals surface area contributed by atoms with Crippen LogP contribution < -0.4 is 0 Å². The quantitative estimate of drug-likeness (QED) is 0.764. The van der Waals surface area contributed by atoms with Gasteiger partial charge in [-0.15, -0.1) is 0 Å². The Morgan fingerprint density at radius 1 is 1.23 bits per heavy atom. The topological polar surface area (TPSA) is 68.5 Å². The standard InChI is InChI=1S/C20H25N3O3/c24-19(14-25-13-15-5-2-1-3-6-15)23-10-4-7-16(12-23)11-18-21-20(22-26-18)17-8-9-17/h1-3,5-6,16-17H,4,7-14H2. The third-order valence-corrected chi connectivity index (χ3v) is 5.10. The van der Waals surface area contributed by atoms with Crippen molar-refractivity contribution in [3.63, 3.8) is 0 Å². The molecule has 1 aliphatic carbocycles. The normalized spacial score (nSPS) is 20.3. The number of rotatable bonds is 7. The third kappa shape index (κ3) is 4.49. The van der Waals surface area contributed by atoms with Crippen LogP contribution in [-0.4, -0.2) is 40.6 Å². The summed E-state index contributed by atoms with van der Waals surface area (Å²) in [6.07, 6.45) is 5.21. The van der Waals surface area contributed by atoms with Gasteiger partial charge < -0.3 is 14.2 Å². The number of amides is 1. The van der Waals surface area contributed by atoms with Crippen LogP contribution in [0.1, 0.15) is 48.9 Å². The van der Waals surface area contributed by atoms with Crippen LogP contribution in [0.15, 0.2) is 34.9 Å². The number of piperidine rings is 1. The molecule has 4 rings (SSSR count). The molecule has 2 heterocycles. The zero-order valence-electron chi connectivity index (χ0n) is 15.0. The molecule has 0 bridgehead atoms. The maximum Gasteiger partial charge on any atom is 0.248 e. The molecule has 138 valence electrons. The van der Waals surface area contributed by atoms with E-state index in [0.29, 0.717) is 24.3 Å². The van der Waals surface area contributed by atoms with Crippen molar-refractivity contribution in [1.82, 2.24) is 15.0 Å². The summed E-state index contributed by atoms with van der Waals surface area (Å²) >= 11 is 0. The van der Waals surface area contributed by atoms with Crippen molar-refractivity contribution in [1.29, 1.82) is 0 Å². The van der Waals surface area contributed by atoms with Gasteiger partial charge in [-0.3, -0.25) is 4.79 Å². The van der Waals surface area contributed by atoms with E-state index < -0.39 is 0 Å². The molecule has 6 heteroatoms. The zero-order chi connectivity index (χ0) is 17.8. The van der Waals surface area contributed by atoms with E-state index in [-0.39, 0.29) is 12.5 Å². The number of likely N-dealkylation sites (tertiary alicyclic amines) is 1. The van der Waals surface area contributed by atoms with Gasteiger partial charge in [0, 0.05) is 25.4 Å². The van der Waals surface area contributed by atoms with Gasteiger partial charge in [0.25, 0.3) is 0 Å². The Balaban J connectivity index is 1.23. The molecule has 1 saturated carbocycles. The highest BCUT2D eigenvalue weighted by molar-refractivity contribution is 5.77. The lowest BCUT2D eigenvalue weighted by molar-refractivity contribution is -0.138.